The lowest BCUT2D eigenvalue weighted by atomic mass is 9.95. The Morgan fingerprint density at radius 1 is 1.16 bits per heavy atom. The van der Waals surface area contributed by atoms with E-state index in [9.17, 15) is 0 Å². The van der Waals surface area contributed by atoms with Crippen molar-refractivity contribution >= 4 is 10.8 Å². The lowest BCUT2D eigenvalue weighted by molar-refractivity contribution is 0.351. The molecule has 2 nitrogen and oxygen atoms in total. The van der Waals surface area contributed by atoms with E-state index in [1.165, 1.54) is 42.0 Å². The molecule has 2 bridgehead atoms. The van der Waals surface area contributed by atoms with Crippen molar-refractivity contribution < 1.29 is 0 Å². The summed E-state index contributed by atoms with van der Waals surface area (Å²) in [6.07, 6.45) is 9.64. The van der Waals surface area contributed by atoms with Crippen molar-refractivity contribution in [1.29, 1.82) is 0 Å². The monoisotopic (exact) mass is 252 g/mol. The Bertz CT molecular complexity index is 587. The zero-order valence-electron chi connectivity index (χ0n) is 11.2. The van der Waals surface area contributed by atoms with E-state index in [-0.39, 0.29) is 0 Å². The van der Waals surface area contributed by atoms with E-state index in [2.05, 4.69) is 34.6 Å². The molecule has 2 aliphatic rings. The van der Waals surface area contributed by atoms with Crippen LogP contribution in [0, 0.1) is 11.8 Å². The number of aromatic nitrogens is 1. The molecule has 2 saturated carbocycles. The van der Waals surface area contributed by atoms with Crippen molar-refractivity contribution in [3.05, 3.63) is 42.2 Å². The molecule has 0 radical (unpaired) electrons. The highest BCUT2D eigenvalue weighted by atomic mass is 14.9. The molecule has 3 unspecified atom stereocenters. The molecule has 0 spiro atoms. The minimum absolute atomic E-state index is 0.760. The van der Waals surface area contributed by atoms with Crippen LogP contribution < -0.4 is 5.32 Å². The molecular formula is C17H20N2. The van der Waals surface area contributed by atoms with Crippen LogP contribution in [0.15, 0.2) is 36.7 Å². The number of nitrogens with zero attached hydrogens (tertiary/aromatic N) is 1. The van der Waals surface area contributed by atoms with Gasteiger partial charge in [0.05, 0.1) is 0 Å². The van der Waals surface area contributed by atoms with Gasteiger partial charge < -0.3 is 5.32 Å². The maximum atomic E-state index is 4.20. The van der Waals surface area contributed by atoms with Gasteiger partial charge >= 0.3 is 0 Å². The molecule has 98 valence electrons. The van der Waals surface area contributed by atoms with Crippen LogP contribution in [0.25, 0.3) is 10.8 Å². The first-order valence-corrected chi connectivity index (χ1v) is 7.45. The van der Waals surface area contributed by atoms with Gasteiger partial charge in [-0.15, -0.1) is 0 Å². The number of fused-ring (bicyclic) bond motifs is 3. The number of hydrogen-bond acceptors (Lipinski definition) is 2. The maximum Gasteiger partial charge on any atom is 0.0346 e. The van der Waals surface area contributed by atoms with Gasteiger partial charge in [-0.25, -0.2) is 0 Å². The largest absolute Gasteiger partial charge is 0.310 e. The molecule has 2 heteroatoms. The lowest BCUT2D eigenvalue weighted by Gasteiger charge is -2.23. The fourth-order valence-corrected chi connectivity index (χ4v) is 4.08. The average Bonchev–Trinajstić information content (AvgIpc) is 3.07. The number of hydrogen-bond donors (Lipinski definition) is 1. The Hall–Kier alpha value is -1.41. The molecule has 4 rings (SSSR count). The molecule has 0 aliphatic heterocycles. The van der Waals surface area contributed by atoms with Crippen LogP contribution in [0.1, 0.15) is 31.2 Å². The van der Waals surface area contributed by atoms with E-state index in [0.29, 0.717) is 0 Å². The van der Waals surface area contributed by atoms with Crippen LogP contribution in [-0.2, 0) is 6.54 Å². The van der Waals surface area contributed by atoms with Gasteiger partial charge in [0.25, 0.3) is 0 Å². The third kappa shape index (κ3) is 2.04. The van der Waals surface area contributed by atoms with Gasteiger partial charge in [0.15, 0.2) is 0 Å². The van der Waals surface area contributed by atoms with E-state index in [1.54, 1.807) is 0 Å². The molecule has 3 atom stereocenters. The van der Waals surface area contributed by atoms with Crippen molar-refractivity contribution in [2.75, 3.05) is 0 Å². The minimum Gasteiger partial charge on any atom is -0.310 e. The van der Waals surface area contributed by atoms with Crippen LogP contribution in [0.3, 0.4) is 0 Å². The SMILES string of the molecule is c1cc(CNC2CC3CCC2C3)c2ccncc2c1. The van der Waals surface area contributed by atoms with Crippen LogP contribution in [-0.4, -0.2) is 11.0 Å². The number of benzene rings is 1. The standard InChI is InChI=1S/C17H20N2/c1-2-14-10-18-7-6-16(14)15(3-1)11-19-17-9-12-4-5-13(17)8-12/h1-3,6-7,10,12-13,17,19H,4-5,8-9,11H2. The third-order valence-corrected chi connectivity index (χ3v) is 5.06. The van der Waals surface area contributed by atoms with Crippen LogP contribution in [0.4, 0.5) is 0 Å². The van der Waals surface area contributed by atoms with E-state index >= 15 is 0 Å². The molecule has 0 saturated heterocycles. The van der Waals surface area contributed by atoms with E-state index in [0.717, 1.165) is 24.4 Å². The Morgan fingerprint density at radius 3 is 3.00 bits per heavy atom. The van der Waals surface area contributed by atoms with Gasteiger partial charge in [-0.3, -0.25) is 4.98 Å². The molecule has 0 amide bonds. The fraction of sp³-hybridized carbons (Fsp3) is 0.471. The zero-order chi connectivity index (χ0) is 12.7. The van der Waals surface area contributed by atoms with Gasteiger partial charge in [-0.05, 0) is 48.1 Å². The minimum atomic E-state index is 0.760. The summed E-state index contributed by atoms with van der Waals surface area (Å²) in [5, 5.41) is 6.39. The predicted octanol–water partition coefficient (Wildman–Crippen LogP) is 3.51. The van der Waals surface area contributed by atoms with E-state index in [1.807, 2.05) is 12.4 Å². The molecule has 1 aromatic carbocycles. The summed E-state index contributed by atoms with van der Waals surface area (Å²) in [5.41, 5.74) is 1.41. The summed E-state index contributed by atoms with van der Waals surface area (Å²) in [4.78, 5) is 4.20. The van der Waals surface area contributed by atoms with Crippen molar-refractivity contribution in [3.8, 4) is 0 Å². The van der Waals surface area contributed by atoms with Gasteiger partial charge in [0.1, 0.15) is 0 Å². The molecular weight excluding hydrogens is 232 g/mol. The van der Waals surface area contributed by atoms with Crippen LogP contribution in [0.2, 0.25) is 0 Å². The van der Waals surface area contributed by atoms with Gasteiger partial charge in [-0.2, -0.15) is 0 Å². The van der Waals surface area contributed by atoms with E-state index in [4.69, 9.17) is 0 Å². The highest BCUT2D eigenvalue weighted by Gasteiger charge is 2.38. The average molecular weight is 252 g/mol. The molecule has 1 heterocycles. The maximum absolute atomic E-state index is 4.20. The van der Waals surface area contributed by atoms with Gasteiger partial charge in [0, 0.05) is 30.4 Å². The van der Waals surface area contributed by atoms with Crippen LogP contribution >= 0.6 is 0 Å². The summed E-state index contributed by atoms with van der Waals surface area (Å²) in [5.74, 6) is 1.96. The smallest absolute Gasteiger partial charge is 0.0346 e. The summed E-state index contributed by atoms with van der Waals surface area (Å²) >= 11 is 0. The second-order valence-electron chi connectivity index (χ2n) is 6.18. The molecule has 2 aliphatic carbocycles. The molecule has 1 N–H and O–H groups in total. The number of nitrogens with one attached hydrogen (secondary N) is 1. The molecule has 19 heavy (non-hydrogen) atoms. The summed E-state index contributed by atoms with van der Waals surface area (Å²) in [6, 6.07) is 9.41. The Kier molecular flexibility index (Phi) is 2.77. The Labute approximate surface area is 114 Å². The molecule has 2 aromatic rings. The second kappa shape index (κ2) is 4.61. The lowest BCUT2D eigenvalue weighted by Crippen LogP contribution is -2.33. The van der Waals surface area contributed by atoms with Gasteiger partial charge in [-0.1, -0.05) is 24.6 Å². The Morgan fingerprint density at radius 2 is 2.16 bits per heavy atom. The second-order valence-corrected chi connectivity index (χ2v) is 6.18. The van der Waals surface area contributed by atoms with Gasteiger partial charge in [0.2, 0.25) is 0 Å². The third-order valence-electron chi connectivity index (χ3n) is 5.06. The van der Waals surface area contributed by atoms with Crippen molar-refractivity contribution in [1.82, 2.24) is 10.3 Å². The zero-order valence-corrected chi connectivity index (χ0v) is 11.2. The highest BCUT2D eigenvalue weighted by molar-refractivity contribution is 5.84. The van der Waals surface area contributed by atoms with Crippen molar-refractivity contribution in [3.63, 3.8) is 0 Å². The topological polar surface area (TPSA) is 24.9 Å². The predicted molar refractivity (Wildman–Crippen MR) is 77.8 cm³/mol. The molecule has 2 fully saturated rings. The van der Waals surface area contributed by atoms with Crippen LogP contribution in [0.5, 0.6) is 0 Å². The quantitative estimate of drug-likeness (QED) is 0.904. The fourth-order valence-electron chi connectivity index (χ4n) is 4.08. The summed E-state index contributed by atoms with van der Waals surface area (Å²) < 4.78 is 0. The first-order valence-electron chi connectivity index (χ1n) is 7.45. The first kappa shape index (κ1) is 11.4. The number of pyridine rings is 1. The highest BCUT2D eigenvalue weighted by Crippen LogP contribution is 2.44. The number of rotatable bonds is 3. The van der Waals surface area contributed by atoms with Crippen molar-refractivity contribution in [2.24, 2.45) is 11.8 Å². The summed E-state index contributed by atoms with van der Waals surface area (Å²) in [6.45, 7) is 0.995. The van der Waals surface area contributed by atoms with Crippen molar-refractivity contribution in [2.45, 2.75) is 38.3 Å². The first-order chi connectivity index (χ1) is 9.40. The molecule has 1 aromatic heterocycles. The summed E-state index contributed by atoms with van der Waals surface area (Å²) in [7, 11) is 0. The Balaban J connectivity index is 1.52. The normalized spacial score (nSPS) is 29.2. The van der Waals surface area contributed by atoms with E-state index < -0.39 is 0 Å².